The minimum Gasteiger partial charge on any atom is -0.465 e. The van der Waals surface area contributed by atoms with E-state index in [-0.39, 0.29) is 11.3 Å². The van der Waals surface area contributed by atoms with Crippen LogP contribution in [-0.2, 0) is 4.74 Å². The molecule has 5 heteroatoms. The van der Waals surface area contributed by atoms with E-state index in [4.69, 9.17) is 0 Å². The highest BCUT2D eigenvalue weighted by molar-refractivity contribution is 5.95. The number of esters is 1. The number of ether oxygens (including phenoxy) is 1. The van der Waals surface area contributed by atoms with E-state index in [0.717, 1.165) is 12.1 Å². The van der Waals surface area contributed by atoms with Gasteiger partial charge in [-0.25, -0.2) is 13.6 Å². The van der Waals surface area contributed by atoms with E-state index in [1.54, 1.807) is 0 Å². The van der Waals surface area contributed by atoms with Crippen LogP contribution in [0.15, 0.2) is 12.1 Å². The Kier molecular flexibility index (Phi) is 3.01. The van der Waals surface area contributed by atoms with Crippen molar-refractivity contribution in [3.8, 4) is 0 Å². The van der Waals surface area contributed by atoms with Crippen molar-refractivity contribution in [1.82, 2.24) is 0 Å². The molecule has 0 bridgehead atoms. The summed E-state index contributed by atoms with van der Waals surface area (Å²) in [5.74, 6) is -2.81. The summed E-state index contributed by atoms with van der Waals surface area (Å²) in [6.45, 7) is 0. The van der Waals surface area contributed by atoms with Crippen LogP contribution in [-0.4, -0.2) is 20.1 Å². The first-order chi connectivity index (χ1) is 6.60. The second kappa shape index (κ2) is 4.04. The monoisotopic (exact) mass is 201 g/mol. The fourth-order valence-electron chi connectivity index (χ4n) is 1.03. The molecule has 0 aliphatic carbocycles. The van der Waals surface area contributed by atoms with Crippen molar-refractivity contribution >= 4 is 11.7 Å². The van der Waals surface area contributed by atoms with Gasteiger partial charge in [-0.2, -0.15) is 0 Å². The second-order valence-corrected chi connectivity index (χ2v) is 2.55. The summed E-state index contributed by atoms with van der Waals surface area (Å²) >= 11 is 0. The molecule has 14 heavy (non-hydrogen) atoms. The molecule has 0 spiro atoms. The summed E-state index contributed by atoms with van der Waals surface area (Å²) in [7, 11) is 2.67. The molecule has 0 aliphatic rings. The lowest BCUT2D eigenvalue weighted by atomic mass is 10.1. The molecule has 0 heterocycles. The van der Waals surface area contributed by atoms with Crippen LogP contribution in [0.3, 0.4) is 0 Å². The number of anilines is 1. The van der Waals surface area contributed by atoms with E-state index >= 15 is 0 Å². The molecule has 76 valence electrons. The van der Waals surface area contributed by atoms with Gasteiger partial charge in [0.25, 0.3) is 0 Å². The number of rotatable bonds is 2. The van der Waals surface area contributed by atoms with Crippen molar-refractivity contribution < 1.29 is 18.3 Å². The molecule has 0 unspecified atom stereocenters. The van der Waals surface area contributed by atoms with Crippen LogP contribution in [0, 0.1) is 11.6 Å². The number of hydrogen-bond acceptors (Lipinski definition) is 3. The Hall–Kier alpha value is -1.65. The van der Waals surface area contributed by atoms with Crippen LogP contribution in [0.5, 0.6) is 0 Å². The summed E-state index contributed by atoms with van der Waals surface area (Å²) < 4.78 is 29.9. The first kappa shape index (κ1) is 10.4. The molecule has 0 saturated carbocycles. The average molecular weight is 201 g/mol. The van der Waals surface area contributed by atoms with Gasteiger partial charge in [0.15, 0.2) is 11.6 Å². The fraction of sp³-hybridized carbons (Fsp3) is 0.222. The van der Waals surface area contributed by atoms with Gasteiger partial charge in [-0.1, -0.05) is 0 Å². The van der Waals surface area contributed by atoms with Gasteiger partial charge >= 0.3 is 5.97 Å². The maximum Gasteiger partial charge on any atom is 0.340 e. The average Bonchev–Trinajstić information content (AvgIpc) is 2.20. The molecular formula is C9H9F2NO2. The van der Waals surface area contributed by atoms with Crippen molar-refractivity contribution in [2.24, 2.45) is 0 Å². The minimum atomic E-state index is -1.08. The Morgan fingerprint density at radius 1 is 1.36 bits per heavy atom. The largest absolute Gasteiger partial charge is 0.465 e. The minimum absolute atomic E-state index is 0.0334. The molecule has 0 aliphatic heterocycles. The van der Waals surface area contributed by atoms with Crippen LogP contribution >= 0.6 is 0 Å². The van der Waals surface area contributed by atoms with E-state index in [2.05, 4.69) is 10.1 Å². The molecule has 0 fully saturated rings. The van der Waals surface area contributed by atoms with Gasteiger partial charge in [0.1, 0.15) is 0 Å². The van der Waals surface area contributed by atoms with Crippen LogP contribution in [0.4, 0.5) is 14.5 Å². The van der Waals surface area contributed by atoms with Gasteiger partial charge in [-0.05, 0) is 6.07 Å². The lowest BCUT2D eigenvalue weighted by molar-refractivity contribution is 0.0601. The molecular weight excluding hydrogens is 192 g/mol. The molecule has 0 atom stereocenters. The van der Waals surface area contributed by atoms with E-state index in [1.165, 1.54) is 14.2 Å². The summed E-state index contributed by atoms with van der Waals surface area (Å²) in [5.41, 5.74) is 0.157. The summed E-state index contributed by atoms with van der Waals surface area (Å²) in [6, 6.07) is 1.70. The predicted molar refractivity (Wildman–Crippen MR) is 47.2 cm³/mol. The second-order valence-electron chi connectivity index (χ2n) is 2.55. The van der Waals surface area contributed by atoms with Gasteiger partial charge in [0.05, 0.1) is 18.4 Å². The lowest BCUT2D eigenvalue weighted by Crippen LogP contribution is -2.07. The summed E-state index contributed by atoms with van der Waals surface area (Å²) in [4.78, 5) is 11.1. The van der Waals surface area contributed by atoms with Gasteiger partial charge in [-0.3, -0.25) is 0 Å². The van der Waals surface area contributed by atoms with Crippen LogP contribution < -0.4 is 5.32 Å². The Balaban J connectivity index is 3.27. The molecule has 1 N–H and O–H groups in total. The van der Waals surface area contributed by atoms with E-state index in [0.29, 0.717) is 0 Å². The Morgan fingerprint density at radius 2 is 1.93 bits per heavy atom. The van der Waals surface area contributed by atoms with Crippen molar-refractivity contribution in [3.63, 3.8) is 0 Å². The normalized spacial score (nSPS) is 9.71. The third-order valence-corrected chi connectivity index (χ3v) is 1.74. The smallest absolute Gasteiger partial charge is 0.340 e. The number of carbonyl (C=O) groups is 1. The van der Waals surface area contributed by atoms with Crippen molar-refractivity contribution in [2.75, 3.05) is 19.5 Å². The van der Waals surface area contributed by atoms with E-state index < -0.39 is 17.6 Å². The van der Waals surface area contributed by atoms with Crippen LogP contribution in [0.25, 0.3) is 0 Å². The van der Waals surface area contributed by atoms with Crippen LogP contribution in [0.1, 0.15) is 10.4 Å². The van der Waals surface area contributed by atoms with Crippen molar-refractivity contribution in [1.29, 1.82) is 0 Å². The fourth-order valence-corrected chi connectivity index (χ4v) is 1.03. The zero-order chi connectivity index (χ0) is 10.7. The highest BCUT2D eigenvalue weighted by Crippen LogP contribution is 2.20. The zero-order valence-electron chi connectivity index (χ0n) is 7.73. The third kappa shape index (κ3) is 1.81. The number of halogens is 2. The maximum atomic E-state index is 12.8. The van der Waals surface area contributed by atoms with Crippen LogP contribution in [0.2, 0.25) is 0 Å². The molecule has 1 aromatic carbocycles. The summed E-state index contributed by atoms with van der Waals surface area (Å²) in [5, 5.41) is 2.57. The number of carbonyl (C=O) groups excluding carboxylic acids is 1. The predicted octanol–water partition coefficient (Wildman–Crippen LogP) is 1.79. The highest BCUT2D eigenvalue weighted by Gasteiger charge is 2.15. The zero-order valence-corrected chi connectivity index (χ0v) is 7.73. The topological polar surface area (TPSA) is 38.3 Å². The SMILES string of the molecule is CNc1cc(F)c(F)cc1C(=O)OC. The summed E-state index contributed by atoms with van der Waals surface area (Å²) in [6.07, 6.45) is 0. The van der Waals surface area contributed by atoms with E-state index in [1.807, 2.05) is 0 Å². The molecule has 1 aromatic rings. The molecule has 1 rings (SSSR count). The maximum absolute atomic E-state index is 12.8. The van der Waals surface area contributed by atoms with Gasteiger partial charge < -0.3 is 10.1 Å². The standard InChI is InChI=1S/C9H9F2NO2/c1-12-8-4-7(11)6(10)3-5(8)9(13)14-2/h3-4,12H,1-2H3. The molecule has 0 amide bonds. The Bertz CT molecular complexity index is 366. The van der Waals surface area contributed by atoms with Crippen molar-refractivity contribution in [2.45, 2.75) is 0 Å². The van der Waals surface area contributed by atoms with Crippen molar-refractivity contribution in [3.05, 3.63) is 29.3 Å². The molecule has 0 radical (unpaired) electrons. The number of hydrogen-bond donors (Lipinski definition) is 1. The molecule has 3 nitrogen and oxygen atoms in total. The number of methoxy groups -OCH3 is 1. The third-order valence-electron chi connectivity index (χ3n) is 1.74. The molecule has 0 saturated heterocycles. The highest BCUT2D eigenvalue weighted by atomic mass is 19.2. The van der Waals surface area contributed by atoms with E-state index in [9.17, 15) is 13.6 Å². The number of benzene rings is 1. The quantitative estimate of drug-likeness (QED) is 0.741. The Morgan fingerprint density at radius 3 is 2.43 bits per heavy atom. The lowest BCUT2D eigenvalue weighted by Gasteiger charge is -2.07. The Labute approximate surface area is 79.7 Å². The van der Waals surface area contributed by atoms with Gasteiger partial charge in [0, 0.05) is 13.1 Å². The van der Waals surface area contributed by atoms with Gasteiger partial charge in [-0.15, -0.1) is 0 Å². The first-order valence-corrected chi connectivity index (χ1v) is 3.85. The number of nitrogens with one attached hydrogen (secondary N) is 1. The molecule has 0 aromatic heterocycles. The first-order valence-electron chi connectivity index (χ1n) is 3.85. The van der Waals surface area contributed by atoms with Gasteiger partial charge in [0.2, 0.25) is 0 Å².